The van der Waals surface area contributed by atoms with Crippen molar-refractivity contribution in [3.8, 4) is 22.6 Å². The molecule has 0 amide bonds. The van der Waals surface area contributed by atoms with E-state index in [4.69, 9.17) is 16.3 Å². The first-order valence-corrected chi connectivity index (χ1v) is 5.83. The van der Waals surface area contributed by atoms with E-state index in [9.17, 15) is 13.2 Å². The number of nitrogens with zero attached hydrogens (tertiary/aromatic N) is 1. The van der Waals surface area contributed by atoms with Gasteiger partial charge in [0.05, 0.1) is 7.11 Å². The van der Waals surface area contributed by atoms with Gasteiger partial charge in [0.25, 0.3) is 0 Å². The molecule has 0 aliphatic carbocycles. The third-order valence-electron chi connectivity index (χ3n) is 2.44. The molecule has 1 aromatic heterocycles. The first-order valence-electron chi connectivity index (χ1n) is 5.45. The van der Waals surface area contributed by atoms with Crippen LogP contribution in [0.3, 0.4) is 0 Å². The van der Waals surface area contributed by atoms with Crippen molar-refractivity contribution >= 4 is 11.6 Å². The van der Waals surface area contributed by atoms with E-state index >= 15 is 0 Å². The lowest BCUT2D eigenvalue weighted by atomic mass is 10.1. The van der Waals surface area contributed by atoms with E-state index in [1.54, 1.807) is 12.1 Å². The molecule has 0 atom stereocenters. The van der Waals surface area contributed by atoms with Crippen molar-refractivity contribution in [1.82, 2.24) is 4.98 Å². The summed E-state index contributed by atoms with van der Waals surface area (Å²) >= 11 is 5.88. The molecule has 2 aromatic rings. The maximum Gasteiger partial charge on any atom is 0.573 e. The zero-order valence-corrected chi connectivity index (χ0v) is 11.0. The smallest absolute Gasteiger partial charge is 0.493 e. The van der Waals surface area contributed by atoms with Gasteiger partial charge >= 0.3 is 6.36 Å². The Bertz CT molecular complexity index is 617. The number of hydrogen-bond donors (Lipinski definition) is 0. The van der Waals surface area contributed by atoms with Gasteiger partial charge < -0.3 is 9.47 Å². The normalized spacial score (nSPS) is 11.2. The summed E-state index contributed by atoms with van der Waals surface area (Å²) < 4.78 is 45.6. The molecule has 1 heterocycles. The highest BCUT2D eigenvalue weighted by molar-refractivity contribution is 6.31. The fourth-order valence-corrected chi connectivity index (χ4v) is 1.94. The molecule has 0 radical (unpaired) electrons. The zero-order valence-electron chi connectivity index (χ0n) is 10.2. The van der Waals surface area contributed by atoms with Gasteiger partial charge in [0, 0.05) is 11.8 Å². The molecule has 0 saturated heterocycles. The van der Waals surface area contributed by atoms with Crippen molar-refractivity contribution in [2.24, 2.45) is 0 Å². The first kappa shape index (κ1) is 14.5. The number of methoxy groups -OCH3 is 1. The second kappa shape index (κ2) is 5.58. The van der Waals surface area contributed by atoms with Crippen LogP contribution in [-0.2, 0) is 0 Å². The lowest BCUT2D eigenvalue weighted by molar-refractivity contribution is -0.274. The first-order chi connectivity index (χ1) is 9.40. The summed E-state index contributed by atoms with van der Waals surface area (Å²) in [5.74, 6) is -0.0247. The largest absolute Gasteiger partial charge is 0.573 e. The average molecular weight is 304 g/mol. The Labute approximate surface area is 117 Å². The Hall–Kier alpha value is -1.95. The molecule has 0 saturated carbocycles. The molecule has 0 N–H and O–H groups in total. The molecule has 3 nitrogen and oxygen atoms in total. The number of alkyl halides is 3. The summed E-state index contributed by atoms with van der Waals surface area (Å²) in [7, 11) is 1.41. The third-order valence-corrected chi connectivity index (χ3v) is 2.71. The second-order valence-corrected chi connectivity index (χ2v) is 4.12. The Morgan fingerprint density at radius 2 is 1.95 bits per heavy atom. The SMILES string of the molecule is COc1c(-c2cccc(OC(F)(F)F)c2)ccnc1Cl. The Morgan fingerprint density at radius 1 is 1.20 bits per heavy atom. The van der Waals surface area contributed by atoms with Crippen molar-refractivity contribution in [2.45, 2.75) is 6.36 Å². The van der Waals surface area contributed by atoms with Crippen LogP contribution in [0.5, 0.6) is 11.5 Å². The lowest BCUT2D eigenvalue weighted by Crippen LogP contribution is -2.17. The Balaban J connectivity index is 2.44. The number of benzene rings is 1. The molecule has 0 spiro atoms. The monoisotopic (exact) mass is 303 g/mol. The van der Waals surface area contributed by atoms with Gasteiger partial charge in [-0.25, -0.2) is 4.98 Å². The van der Waals surface area contributed by atoms with Gasteiger partial charge in [-0.15, -0.1) is 13.2 Å². The van der Waals surface area contributed by atoms with Crippen molar-refractivity contribution in [2.75, 3.05) is 7.11 Å². The van der Waals surface area contributed by atoms with Crippen LogP contribution >= 0.6 is 11.6 Å². The van der Waals surface area contributed by atoms with Crippen LogP contribution in [0.4, 0.5) is 13.2 Å². The van der Waals surface area contributed by atoms with Crippen molar-refractivity contribution < 1.29 is 22.6 Å². The van der Waals surface area contributed by atoms with E-state index in [2.05, 4.69) is 9.72 Å². The quantitative estimate of drug-likeness (QED) is 0.792. The minimum absolute atomic E-state index is 0.132. The number of ether oxygens (including phenoxy) is 2. The van der Waals surface area contributed by atoms with E-state index in [1.165, 1.54) is 31.5 Å². The standard InChI is InChI=1S/C13H9ClF3NO2/c1-19-11-10(5-6-18-12(11)14)8-3-2-4-9(7-8)20-13(15,16)17/h2-7H,1H3. The van der Waals surface area contributed by atoms with Crippen LogP contribution in [0.1, 0.15) is 0 Å². The van der Waals surface area contributed by atoms with Crippen molar-refractivity contribution in [3.63, 3.8) is 0 Å². The molecule has 0 aliphatic heterocycles. The van der Waals surface area contributed by atoms with E-state index in [0.29, 0.717) is 16.9 Å². The number of aromatic nitrogens is 1. The van der Waals surface area contributed by atoms with Crippen LogP contribution < -0.4 is 9.47 Å². The van der Waals surface area contributed by atoms with Gasteiger partial charge in [0.15, 0.2) is 10.9 Å². The van der Waals surface area contributed by atoms with E-state index in [-0.39, 0.29) is 10.9 Å². The number of pyridine rings is 1. The van der Waals surface area contributed by atoms with E-state index in [0.717, 1.165) is 0 Å². The van der Waals surface area contributed by atoms with E-state index in [1.807, 2.05) is 0 Å². The number of hydrogen-bond acceptors (Lipinski definition) is 3. The third kappa shape index (κ3) is 3.33. The minimum Gasteiger partial charge on any atom is -0.493 e. The zero-order chi connectivity index (χ0) is 14.8. The molecule has 20 heavy (non-hydrogen) atoms. The van der Waals surface area contributed by atoms with Crippen LogP contribution in [0.2, 0.25) is 5.15 Å². The van der Waals surface area contributed by atoms with Gasteiger partial charge in [-0.1, -0.05) is 23.7 Å². The number of rotatable bonds is 3. The maximum atomic E-state index is 12.2. The van der Waals surface area contributed by atoms with Crippen molar-refractivity contribution in [1.29, 1.82) is 0 Å². The van der Waals surface area contributed by atoms with E-state index < -0.39 is 6.36 Å². The van der Waals surface area contributed by atoms with Gasteiger partial charge in [-0.3, -0.25) is 0 Å². The summed E-state index contributed by atoms with van der Waals surface area (Å²) in [5, 5.41) is 0.132. The summed E-state index contributed by atoms with van der Waals surface area (Å²) in [4.78, 5) is 3.85. The van der Waals surface area contributed by atoms with Crippen LogP contribution in [0, 0.1) is 0 Å². The Morgan fingerprint density at radius 3 is 2.60 bits per heavy atom. The molecule has 106 valence electrons. The summed E-state index contributed by atoms with van der Waals surface area (Å²) in [6, 6.07) is 7.13. The highest BCUT2D eigenvalue weighted by Gasteiger charge is 2.31. The molecule has 0 fully saturated rings. The molecule has 0 aliphatic rings. The Kier molecular flexibility index (Phi) is 4.04. The molecule has 2 rings (SSSR count). The molecule has 7 heteroatoms. The summed E-state index contributed by atoms with van der Waals surface area (Å²) in [6.45, 7) is 0. The predicted octanol–water partition coefficient (Wildman–Crippen LogP) is 4.31. The van der Waals surface area contributed by atoms with Gasteiger partial charge in [-0.2, -0.15) is 0 Å². The summed E-state index contributed by atoms with van der Waals surface area (Å²) in [6.07, 6.45) is -3.30. The van der Waals surface area contributed by atoms with Crippen LogP contribution in [-0.4, -0.2) is 18.5 Å². The average Bonchev–Trinajstić information content (AvgIpc) is 2.36. The maximum absolute atomic E-state index is 12.2. The van der Waals surface area contributed by atoms with Crippen molar-refractivity contribution in [3.05, 3.63) is 41.7 Å². The molecule has 1 aromatic carbocycles. The molecular weight excluding hydrogens is 295 g/mol. The fourth-order valence-electron chi connectivity index (χ4n) is 1.70. The molecular formula is C13H9ClF3NO2. The van der Waals surface area contributed by atoms with Crippen LogP contribution in [0.25, 0.3) is 11.1 Å². The highest BCUT2D eigenvalue weighted by Crippen LogP contribution is 2.36. The van der Waals surface area contributed by atoms with Gasteiger partial charge in [-0.05, 0) is 23.8 Å². The highest BCUT2D eigenvalue weighted by atomic mass is 35.5. The minimum atomic E-state index is -4.74. The fraction of sp³-hybridized carbons (Fsp3) is 0.154. The molecule has 0 bridgehead atoms. The topological polar surface area (TPSA) is 31.4 Å². The summed E-state index contributed by atoms with van der Waals surface area (Å²) in [5.41, 5.74) is 1.01. The van der Waals surface area contributed by atoms with Crippen LogP contribution in [0.15, 0.2) is 36.5 Å². The second-order valence-electron chi connectivity index (χ2n) is 3.76. The van der Waals surface area contributed by atoms with Gasteiger partial charge in [0.1, 0.15) is 5.75 Å². The number of halogens is 4. The molecule has 0 unspecified atom stereocenters. The lowest BCUT2D eigenvalue weighted by Gasteiger charge is -2.12. The predicted molar refractivity (Wildman–Crippen MR) is 67.9 cm³/mol. The van der Waals surface area contributed by atoms with Gasteiger partial charge in [0.2, 0.25) is 0 Å².